The van der Waals surface area contributed by atoms with Crippen molar-refractivity contribution < 1.29 is 4.79 Å². The molecule has 1 aliphatic rings. The monoisotopic (exact) mass is 440 g/mol. The fourth-order valence-corrected chi connectivity index (χ4v) is 4.79. The summed E-state index contributed by atoms with van der Waals surface area (Å²) < 4.78 is 0. The summed E-state index contributed by atoms with van der Waals surface area (Å²) in [6, 6.07) is 32.9. The van der Waals surface area contributed by atoms with Crippen molar-refractivity contribution in [2.24, 2.45) is 0 Å². The van der Waals surface area contributed by atoms with Crippen LogP contribution in [0, 0.1) is 0 Å². The Morgan fingerprint density at radius 3 is 2.06 bits per heavy atom. The van der Waals surface area contributed by atoms with Crippen LogP contribution in [0.4, 0.5) is 0 Å². The van der Waals surface area contributed by atoms with Gasteiger partial charge in [0.1, 0.15) is 0 Å². The summed E-state index contributed by atoms with van der Waals surface area (Å²) in [4.78, 5) is 17.8. The highest BCUT2D eigenvalue weighted by molar-refractivity contribution is 6.30. The van der Waals surface area contributed by atoms with Gasteiger partial charge in [0.2, 0.25) is 0 Å². The molecule has 0 aromatic heterocycles. The molecule has 4 aromatic rings. The lowest BCUT2D eigenvalue weighted by Crippen LogP contribution is -2.49. The molecule has 0 radical (unpaired) electrons. The highest BCUT2D eigenvalue weighted by atomic mass is 35.5. The number of halogens is 1. The number of benzene rings is 4. The SMILES string of the molecule is O=C(c1cccc2ccccc12)N1CCN([C@@H](c2ccccc2)c2ccc(Cl)cc2)CC1. The Balaban J connectivity index is 1.37. The van der Waals surface area contributed by atoms with Crippen LogP contribution in [0.5, 0.6) is 0 Å². The lowest BCUT2D eigenvalue weighted by Gasteiger charge is -2.40. The number of hydrogen-bond acceptors (Lipinski definition) is 2. The maximum atomic E-state index is 13.4. The van der Waals surface area contributed by atoms with Crippen molar-refractivity contribution in [1.82, 2.24) is 9.80 Å². The second kappa shape index (κ2) is 9.15. The van der Waals surface area contributed by atoms with E-state index in [0.717, 1.165) is 34.4 Å². The number of carbonyl (C=O) groups is 1. The van der Waals surface area contributed by atoms with E-state index in [-0.39, 0.29) is 11.9 Å². The summed E-state index contributed by atoms with van der Waals surface area (Å²) in [5, 5.41) is 2.86. The number of carbonyl (C=O) groups excluding carboxylic acids is 1. The third kappa shape index (κ3) is 4.14. The van der Waals surface area contributed by atoms with Gasteiger partial charge in [-0.3, -0.25) is 9.69 Å². The van der Waals surface area contributed by atoms with Gasteiger partial charge in [-0.05, 0) is 40.1 Å². The van der Waals surface area contributed by atoms with Crippen molar-refractivity contribution in [1.29, 1.82) is 0 Å². The predicted molar refractivity (Wildman–Crippen MR) is 131 cm³/mol. The molecule has 5 rings (SSSR count). The second-order valence-corrected chi connectivity index (χ2v) is 8.66. The van der Waals surface area contributed by atoms with E-state index < -0.39 is 0 Å². The Hall–Kier alpha value is -3.14. The third-order valence-corrected chi connectivity index (χ3v) is 6.54. The van der Waals surface area contributed by atoms with Gasteiger partial charge in [-0.1, -0.05) is 90.5 Å². The first-order valence-electron chi connectivity index (χ1n) is 11.0. The van der Waals surface area contributed by atoms with Gasteiger partial charge in [0, 0.05) is 36.8 Å². The maximum absolute atomic E-state index is 13.4. The zero-order valence-electron chi connectivity index (χ0n) is 17.8. The summed E-state index contributed by atoms with van der Waals surface area (Å²) in [7, 11) is 0. The molecule has 1 amide bonds. The van der Waals surface area contributed by atoms with Crippen LogP contribution in [0.3, 0.4) is 0 Å². The molecular formula is C28H25ClN2O. The molecule has 0 unspecified atom stereocenters. The molecule has 1 aliphatic heterocycles. The number of fused-ring (bicyclic) bond motifs is 1. The minimum atomic E-state index is 0.115. The van der Waals surface area contributed by atoms with Gasteiger partial charge in [-0.15, -0.1) is 0 Å². The van der Waals surface area contributed by atoms with E-state index >= 15 is 0 Å². The highest BCUT2D eigenvalue weighted by Gasteiger charge is 2.29. The molecule has 1 fully saturated rings. The van der Waals surface area contributed by atoms with Crippen molar-refractivity contribution in [2.45, 2.75) is 6.04 Å². The highest BCUT2D eigenvalue weighted by Crippen LogP contribution is 2.31. The van der Waals surface area contributed by atoms with Crippen molar-refractivity contribution >= 4 is 28.3 Å². The van der Waals surface area contributed by atoms with Gasteiger partial charge in [-0.25, -0.2) is 0 Å². The largest absolute Gasteiger partial charge is 0.336 e. The van der Waals surface area contributed by atoms with Crippen LogP contribution in [-0.2, 0) is 0 Å². The first kappa shape index (κ1) is 20.7. The Bertz CT molecular complexity index is 1210. The fourth-order valence-electron chi connectivity index (χ4n) is 4.66. The van der Waals surface area contributed by atoms with Gasteiger partial charge in [0.05, 0.1) is 6.04 Å². The smallest absolute Gasteiger partial charge is 0.254 e. The molecule has 0 aliphatic carbocycles. The normalized spacial score (nSPS) is 15.6. The molecule has 4 aromatic carbocycles. The van der Waals surface area contributed by atoms with E-state index in [1.54, 1.807) is 0 Å². The third-order valence-electron chi connectivity index (χ3n) is 6.29. The number of hydrogen-bond donors (Lipinski definition) is 0. The second-order valence-electron chi connectivity index (χ2n) is 8.22. The van der Waals surface area contributed by atoms with Gasteiger partial charge in [-0.2, -0.15) is 0 Å². The Kier molecular flexibility index (Phi) is 5.93. The zero-order chi connectivity index (χ0) is 21.9. The average Bonchev–Trinajstić information content (AvgIpc) is 2.86. The van der Waals surface area contributed by atoms with Gasteiger partial charge < -0.3 is 4.90 Å². The van der Waals surface area contributed by atoms with E-state index in [2.05, 4.69) is 53.4 Å². The average molecular weight is 441 g/mol. The number of rotatable bonds is 4. The van der Waals surface area contributed by atoms with Crippen LogP contribution in [0.25, 0.3) is 10.8 Å². The van der Waals surface area contributed by atoms with Gasteiger partial charge in [0.15, 0.2) is 0 Å². The molecule has 0 spiro atoms. The maximum Gasteiger partial charge on any atom is 0.254 e. The van der Waals surface area contributed by atoms with Crippen molar-refractivity contribution in [3.05, 3.63) is 119 Å². The Labute approximate surface area is 193 Å². The molecule has 1 heterocycles. The van der Waals surface area contributed by atoms with Crippen LogP contribution in [-0.4, -0.2) is 41.9 Å². The van der Waals surface area contributed by atoms with Crippen LogP contribution in [0.2, 0.25) is 5.02 Å². The minimum Gasteiger partial charge on any atom is -0.336 e. The van der Waals surface area contributed by atoms with Gasteiger partial charge in [0.25, 0.3) is 5.91 Å². The summed E-state index contributed by atoms with van der Waals surface area (Å²) >= 11 is 6.14. The molecule has 160 valence electrons. The standard InChI is InChI=1S/C28H25ClN2O/c29-24-15-13-23(14-16-24)27(22-8-2-1-3-9-22)30-17-19-31(20-18-30)28(32)26-12-6-10-21-7-4-5-11-25(21)26/h1-16,27H,17-20H2/t27-/m0/s1. The van der Waals surface area contributed by atoms with E-state index in [1.807, 2.05) is 53.4 Å². The Morgan fingerprint density at radius 2 is 1.31 bits per heavy atom. The van der Waals surface area contributed by atoms with Crippen LogP contribution in [0.15, 0.2) is 97.1 Å². The lowest BCUT2D eigenvalue weighted by atomic mass is 9.96. The van der Waals surface area contributed by atoms with E-state index in [4.69, 9.17) is 11.6 Å². The molecule has 0 N–H and O–H groups in total. The van der Waals surface area contributed by atoms with Gasteiger partial charge >= 0.3 is 0 Å². The van der Waals surface area contributed by atoms with Crippen LogP contribution < -0.4 is 0 Å². The summed E-state index contributed by atoms with van der Waals surface area (Å²) in [5.41, 5.74) is 3.26. The van der Waals surface area contributed by atoms with Crippen molar-refractivity contribution in [2.75, 3.05) is 26.2 Å². The molecule has 32 heavy (non-hydrogen) atoms. The minimum absolute atomic E-state index is 0.115. The predicted octanol–water partition coefficient (Wildman–Crippen LogP) is 6.04. The summed E-state index contributed by atoms with van der Waals surface area (Å²) in [6.07, 6.45) is 0. The first-order chi connectivity index (χ1) is 15.7. The molecule has 4 heteroatoms. The van der Waals surface area contributed by atoms with Crippen molar-refractivity contribution in [3.63, 3.8) is 0 Å². The molecule has 1 atom stereocenters. The Morgan fingerprint density at radius 1 is 0.688 bits per heavy atom. The number of piperazine rings is 1. The fraction of sp³-hybridized carbons (Fsp3) is 0.179. The molecule has 0 bridgehead atoms. The number of amides is 1. The van der Waals surface area contributed by atoms with E-state index in [1.165, 1.54) is 11.1 Å². The topological polar surface area (TPSA) is 23.6 Å². The molecular weight excluding hydrogens is 416 g/mol. The van der Waals surface area contributed by atoms with E-state index in [9.17, 15) is 4.79 Å². The van der Waals surface area contributed by atoms with Crippen LogP contribution in [0.1, 0.15) is 27.5 Å². The molecule has 3 nitrogen and oxygen atoms in total. The number of nitrogens with zero attached hydrogens (tertiary/aromatic N) is 2. The van der Waals surface area contributed by atoms with Crippen molar-refractivity contribution in [3.8, 4) is 0 Å². The summed E-state index contributed by atoms with van der Waals surface area (Å²) in [5.74, 6) is 0.115. The first-order valence-corrected chi connectivity index (χ1v) is 11.4. The zero-order valence-corrected chi connectivity index (χ0v) is 18.6. The summed E-state index contributed by atoms with van der Waals surface area (Å²) in [6.45, 7) is 3.05. The molecule has 1 saturated heterocycles. The van der Waals surface area contributed by atoms with E-state index in [0.29, 0.717) is 13.1 Å². The van der Waals surface area contributed by atoms with Crippen LogP contribution >= 0.6 is 11.6 Å². The quantitative estimate of drug-likeness (QED) is 0.386. The lowest BCUT2D eigenvalue weighted by molar-refractivity contribution is 0.0599. The molecule has 0 saturated carbocycles.